The van der Waals surface area contributed by atoms with Crippen LogP contribution in [-0.4, -0.2) is 64.6 Å². The fourth-order valence-corrected chi connectivity index (χ4v) is 5.52. The minimum absolute atomic E-state index is 0.0226. The van der Waals surface area contributed by atoms with Crippen molar-refractivity contribution in [3.8, 4) is 0 Å². The molecule has 1 aliphatic heterocycles. The molecule has 4 rings (SSSR count). The quantitative estimate of drug-likeness (QED) is 0.562. The summed E-state index contributed by atoms with van der Waals surface area (Å²) in [6, 6.07) is -4.33. The van der Waals surface area contributed by atoms with Crippen LogP contribution in [0, 0.1) is 11.8 Å². The minimum Gasteiger partial charge on any atom is -0.327 e. The van der Waals surface area contributed by atoms with Crippen molar-refractivity contribution in [2.24, 2.45) is 17.6 Å². The summed E-state index contributed by atoms with van der Waals surface area (Å²) in [6.07, 6.45) is -16.5. The number of likely N-dealkylation sites (tertiary alicyclic amines) is 1. The Bertz CT molecular complexity index is 1250. The number of aromatic amines is 1. The van der Waals surface area contributed by atoms with Crippen LogP contribution in [0.25, 0.3) is 11.1 Å². The van der Waals surface area contributed by atoms with Crippen LogP contribution >= 0.6 is 0 Å². The Balaban J connectivity index is 1.79. The molecule has 6 nitrogen and oxygen atoms in total. The van der Waals surface area contributed by atoms with Gasteiger partial charge in [0.2, 0.25) is 0 Å². The van der Waals surface area contributed by atoms with Gasteiger partial charge in [-0.3, -0.25) is 19.2 Å². The first-order valence-corrected chi connectivity index (χ1v) is 11.2. The molecule has 4 unspecified atom stereocenters. The SMILES string of the molecule is CC1=c2c(c(=O)[nH]c(=O)n2C2CC2)=C(C(F)F)C(F)C1N1CCC(C(N)C(C(F)(F)F)C(F)(F)F)C1. The highest BCUT2D eigenvalue weighted by Gasteiger charge is 2.61. The van der Waals surface area contributed by atoms with Gasteiger partial charge in [0.15, 0.2) is 5.92 Å². The molecular weight excluding hydrogens is 511 g/mol. The molecule has 0 bridgehead atoms. The average Bonchev–Trinajstić information content (AvgIpc) is 3.42. The van der Waals surface area contributed by atoms with Crippen molar-refractivity contribution in [2.75, 3.05) is 13.1 Å². The molecule has 1 saturated heterocycles. The molecule has 1 aromatic heterocycles. The second kappa shape index (κ2) is 8.92. The van der Waals surface area contributed by atoms with Crippen LogP contribution < -0.4 is 27.6 Å². The molecule has 202 valence electrons. The average molecular weight is 534 g/mol. The van der Waals surface area contributed by atoms with Crippen LogP contribution in [0.3, 0.4) is 0 Å². The van der Waals surface area contributed by atoms with Crippen molar-refractivity contribution in [1.82, 2.24) is 14.5 Å². The number of halogens is 9. The lowest BCUT2D eigenvalue weighted by Gasteiger charge is -2.36. The van der Waals surface area contributed by atoms with E-state index in [1.807, 2.05) is 4.98 Å². The zero-order chi connectivity index (χ0) is 26.9. The smallest absolute Gasteiger partial charge is 0.327 e. The predicted octanol–water partition coefficient (Wildman–Crippen LogP) is 1.57. The molecule has 0 radical (unpaired) electrons. The van der Waals surface area contributed by atoms with E-state index >= 15 is 4.39 Å². The number of hydrogen-bond donors (Lipinski definition) is 2. The van der Waals surface area contributed by atoms with E-state index in [1.54, 1.807) is 0 Å². The Morgan fingerprint density at radius 3 is 2.11 bits per heavy atom. The molecule has 15 heteroatoms. The van der Waals surface area contributed by atoms with Crippen molar-refractivity contribution in [2.45, 2.75) is 69.3 Å². The first kappa shape index (κ1) is 26.8. The van der Waals surface area contributed by atoms with Crippen molar-refractivity contribution in [3.63, 3.8) is 0 Å². The number of hydrogen-bond acceptors (Lipinski definition) is 4. The Labute approximate surface area is 197 Å². The van der Waals surface area contributed by atoms with Gasteiger partial charge in [-0.2, -0.15) is 26.3 Å². The third kappa shape index (κ3) is 4.48. The lowest BCUT2D eigenvalue weighted by Crippen LogP contribution is -2.62. The van der Waals surface area contributed by atoms with E-state index < -0.39 is 83.5 Å². The summed E-state index contributed by atoms with van der Waals surface area (Å²) in [4.78, 5) is 28.1. The number of H-pyrrole nitrogens is 1. The third-order valence-electron chi connectivity index (χ3n) is 7.26. The molecule has 0 aromatic carbocycles. The van der Waals surface area contributed by atoms with E-state index in [1.165, 1.54) is 11.8 Å². The third-order valence-corrected chi connectivity index (χ3v) is 7.26. The molecule has 0 spiro atoms. The van der Waals surface area contributed by atoms with Gasteiger partial charge in [-0.1, -0.05) is 0 Å². The van der Waals surface area contributed by atoms with E-state index in [0.29, 0.717) is 12.8 Å². The highest BCUT2D eigenvalue weighted by molar-refractivity contribution is 5.65. The Morgan fingerprint density at radius 2 is 1.61 bits per heavy atom. The molecule has 4 atom stereocenters. The van der Waals surface area contributed by atoms with E-state index in [2.05, 4.69) is 0 Å². The van der Waals surface area contributed by atoms with Crippen LogP contribution in [0.15, 0.2) is 9.59 Å². The molecule has 2 fully saturated rings. The summed E-state index contributed by atoms with van der Waals surface area (Å²) in [5.41, 5.74) is 2.22. The normalized spacial score (nSPS) is 26.8. The largest absolute Gasteiger partial charge is 0.402 e. The second-order valence-electron chi connectivity index (χ2n) is 9.55. The van der Waals surface area contributed by atoms with Crippen LogP contribution in [0.2, 0.25) is 0 Å². The van der Waals surface area contributed by atoms with Gasteiger partial charge in [0, 0.05) is 24.2 Å². The van der Waals surface area contributed by atoms with E-state index in [9.17, 15) is 44.7 Å². The van der Waals surface area contributed by atoms with Gasteiger partial charge in [-0.25, -0.2) is 18.0 Å². The lowest BCUT2D eigenvalue weighted by atomic mass is 9.86. The van der Waals surface area contributed by atoms with Gasteiger partial charge in [0.1, 0.15) is 6.17 Å². The van der Waals surface area contributed by atoms with E-state index in [0.717, 1.165) is 4.57 Å². The summed E-state index contributed by atoms with van der Waals surface area (Å²) < 4.78 is 124. The molecule has 3 aliphatic rings. The molecule has 2 aliphatic carbocycles. The van der Waals surface area contributed by atoms with Gasteiger partial charge in [-0.15, -0.1) is 0 Å². The Morgan fingerprint density at radius 1 is 1.03 bits per heavy atom. The second-order valence-corrected chi connectivity index (χ2v) is 9.55. The number of nitrogens with two attached hydrogens (primary N) is 1. The van der Waals surface area contributed by atoms with Gasteiger partial charge < -0.3 is 5.73 Å². The first-order chi connectivity index (χ1) is 16.6. The van der Waals surface area contributed by atoms with Gasteiger partial charge in [-0.05, 0) is 44.2 Å². The number of aromatic nitrogens is 2. The number of nitrogens with zero attached hydrogens (tertiary/aromatic N) is 2. The summed E-state index contributed by atoms with van der Waals surface area (Å²) >= 11 is 0. The summed E-state index contributed by atoms with van der Waals surface area (Å²) in [5.74, 6) is -5.17. The topological polar surface area (TPSA) is 84.1 Å². The maximum Gasteiger partial charge on any atom is 0.402 e. The highest BCUT2D eigenvalue weighted by atomic mass is 19.4. The fourth-order valence-electron chi connectivity index (χ4n) is 5.52. The number of nitrogens with one attached hydrogen (secondary N) is 1. The molecule has 36 heavy (non-hydrogen) atoms. The van der Waals surface area contributed by atoms with Crippen LogP contribution in [-0.2, 0) is 0 Å². The lowest BCUT2D eigenvalue weighted by molar-refractivity contribution is -0.292. The monoisotopic (exact) mass is 534 g/mol. The molecular formula is C21H23F9N4O2. The van der Waals surface area contributed by atoms with Crippen molar-refractivity contribution >= 4 is 11.1 Å². The maximum atomic E-state index is 15.6. The summed E-state index contributed by atoms with van der Waals surface area (Å²) in [7, 11) is 0. The van der Waals surface area contributed by atoms with Crippen LogP contribution in [0.1, 0.15) is 32.2 Å². The molecule has 3 N–H and O–H groups in total. The minimum atomic E-state index is -5.67. The number of rotatable bonds is 5. The Kier molecular flexibility index (Phi) is 6.63. The first-order valence-electron chi connectivity index (χ1n) is 11.2. The molecule has 1 saturated carbocycles. The van der Waals surface area contributed by atoms with Crippen molar-refractivity contribution < 1.29 is 39.5 Å². The van der Waals surface area contributed by atoms with E-state index in [4.69, 9.17) is 5.73 Å². The molecule has 2 heterocycles. The van der Waals surface area contributed by atoms with Gasteiger partial charge in [0.05, 0.1) is 16.6 Å². The predicted molar refractivity (Wildman–Crippen MR) is 109 cm³/mol. The highest BCUT2D eigenvalue weighted by Crippen LogP contribution is 2.44. The standard InChI is InChI=1S/C21H23F9N4O2/c1-7-14-11(18(35)32-19(36)34(14)9-2-3-9)10(17(23)24)12(22)15(7)33-5-4-8(6-33)13(31)16(20(25,26)27)21(28,29)30/h8-9,12-13,15-17H,2-6,31H2,1H3,(H,32,35,36). The zero-order valence-electron chi connectivity index (χ0n) is 18.8. The van der Waals surface area contributed by atoms with Crippen molar-refractivity contribution in [3.05, 3.63) is 31.4 Å². The van der Waals surface area contributed by atoms with E-state index in [-0.39, 0.29) is 23.9 Å². The fraction of sp³-hybridized carbons (Fsp3) is 0.714. The summed E-state index contributed by atoms with van der Waals surface area (Å²) in [5, 5.41) is -0.851. The van der Waals surface area contributed by atoms with Crippen LogP contribution in [0.4, 0.5) is 39.5 Å². The van der Waals surface area contributed by atoms with Gasteiger partial charge in [0.25, 0.3) is 12.0 Å². The Hall–Kier alpha value is -2.29. The maximum absolute atomic E-state index is 15.6. The zero-order valence-corrected chi connectivity index (χ0v) is 18.8. The number of fused-ring (bicyclic) bond motifs is 1. The van der Waals surface area contributed by atoms with Gasteiger partial charge >= 0.3 is 18.0 Å². The van der Waals surface area contributed by atoms with Crippen LogP contribution in [0.5, 0.6) is 0 Å². The molecule has 1 aromatic rings. The number of alkyl halides is 9. The summed E-state index contributed by atoms with van der Waals surface area (Å²) in [6.45, 7) is 0.582. The van der Waals surface area contributed by atoms with Crippen molar-refractivity contribution in [1.29, 1.82) is 0 Å². The molecule has 0 amide bonds.